The number of amides is 1. The lowest BCUT2D eigenvalue weighted by atomic mass is 9.98. The van der Waals surface area contributed by atoms with Gasteiger partial charge in [0.2, 0.25) is 0 Å². The number of aromatic nitrogens is 1. The fourth-order valence-corrected chi connectivity index (χ4v) is 5.24. The van der Waals surface area contributed by atoms with Crippen LogP contribution in [0.1, 0.15) is 40.7 Å². The number of halogens is 1. The number of aryl methyl sites for hydroxylation is 2. The van der Waals surface area contributed by atoms with E-state index in [2.05, 4.69) is 24.0 Å². The summed E-state index contributed by atoms with van der Waals surface area (Å²) in [5.74, 6) is -1.12. The number of rotatable bonds is 8. The van der Waals surface area contributed by atoms with Crippen molar-refractivity contribution in [2.75, 3.05) is 31.1 Å². The van der Waals surface area contributed by atoms with Crippen molar-refractivity contribution in [2.24, 2.45) is 0 Å². The van der Waals surface area contributed by atoms with Crippen LogP contribution in [0.5, 0.6) is 0 Å². The van der Waals surface area contributed by atoms with Gasteiger partial charge in [0.1, 0.15) is 5.82 Å². The second kappa shape index (κ2) is 11.6. The summed E-state index contributed by atoms with van der Waals surface area (Å²) in [5, 5.41) is 9.86. The van der Waals surface area contributed by atoms with E-state index in [0.29, 0.717) is 37.9 Å². The molecule has 0 radical (unpaired) electrons. The van der Waals surface area contributed by atoms with Crippen LogP contribution in [0.15, 0.2) is 72.8 Å². The first-order chi connectivity index (χ1) is 18.9. The van der Waals surface area contributed by atoms with E-state index in [4.69, 9.17) is 10.1 Å². The van der Waals surface area contributed by atoms with Gasteiger partial charge in [0.15, 0.2) is 0 Å². The predicted molar refractivity (Wildman–Crippen MR) is 152 cm³/mol. The summed E-state index contributed by atoms with van der Waals surface area (Å²) in [6.07, 6.45) is 2.01. The molecule has 7 heteroatoms. The molecule has 0 atom stereocenters. The minimum Gasteiger partial charge on any atom is -0.481 e. The summed E-state index contributed by atoms with van der Waals surface area (Å²) < 4.78 is 13.6. The molecule has 2 heterocycles. The Hall–Kier alpha value is -4.26. The van der Waals surface area contributed by atoms with Crippen molar-refractivity contribution in [3.63, 3.8) is 0 Å². The van der Waals surface area contributed by atoms with Crippen LogP contribution in [0.4, 0.5) is 10.1 Å². The highest BCUT2D eigenvalue weighted by Gasteiger charge is 2.23. The Kier molecular flexibility index (Phi) is 7.87. The third kappa shape index (κ3) is 6.08. The van der Waals surface area contributed by atoms with Gasteiger partial charge < -0.3 is 14.9 Å². The first-order valence-electron chi connectivity index (χ1n) is 13.4. The number of carboxylic acids is 1. The zero-order valence-corrected chi connectivity index (χ0v) is 22.1. The van der Waals surface area contributed by atoms with Gasteiger partial charge in [-0.15, -0.1) is 0 Å². The Labute approximate surface area is 227 Å². The number of anilines is 1. The molecule has 6 nitrogen and oxygen atoms in total. The minimum absolute atomic E-state index is 0.00644. The number of hydrogen-bond donors (Lipinski definition) is 1. The molecule has 1 aromatic heterocycles. The molecule has 1 aliphatic rings. The standard InChI is InChI=1S/C32H32FN3O3/c1-22-6-2-4-8-29(22)35-16-18-36(19-17-35)32(39)25-12-15-28-26(21-25)20-24(7-3-5-9-30(37)38)31(34-28)23-10-13-27(33)14-11-23/h2,4,6,8,10-15,20-21H,3,5,7,9,16-19H2,1H3,(H,37,38). The topological polar surface area (TPSA) is 73.7 Å². The number of carbonyl (C=O) groups excluding carboxylic acids is 1. The molecule has 0 bridgehead atoms. The lowest BCUT2D eigenvalue weighted by Gasteiger charge is -2.36. The Morgan fingerprint density at radius 1 is 0.923 bits per heavy atom. The highest BCUT2D eigenvalue weighted by Crippen LogP contribution is 2.29. The van der Waals surface area contributed by atoms with E-state index in [-0.39, 0.29) is 18.1 Å². The van der Waals surface area contributed by atoms with Gasteiger partial charge in [0.25, 0.3) is 5.91 Å². The molecule has 0 saturated carbocycles. The number of hydrogen-bond acceptors (Lipinski definition) is 4. The molecule has 0 unspecified atom stereocenters. The van der Waals surface area contributed by atoms with Crippen LogP contribution in [0, 0.1) is 12.7 Å². The lowest BCUT2D eigenvalue weighted by molar-refractivity contribution is -0.137. The zero-order chi connectivity index (χ0) is 27.4. The Balaban J connectivity index is 1.37. The second-order valence-electron chi connectivity index (χ2n) is 10.1. The van der Waals surface area contributed by atoms with E-state index in [1.54, 1.807) is 12.1 Å². The molecule has 1 N–H and O–H groups in total. The van der Waals surface area contributed by atoms with Gasteiger partial charge in [0.05, 0.1) is 11.2 Å². The molecule has 1 fully saturated rings. The third-order valence-electron chi connectivity index (χ3n) is 7.37. The van der Waals surface area contributed by atoms with Gasteiger partial charge in [0, 0.05) is 54.8 Å². The van der Waals surface area contributed by atoms with Crippen molar-refractivity contribution in [2.45, 2.75) is 32.6 Å². The zero-order valence-electron chi connectivity index (χ0n) is 22.1. The number of piperazine rings is 1. The molecule has 0 aliphatic carbocycles. The molecule has 1 aliphatic heterocycles. The lowest BCUT2D eigenvalue weighted by Crippen LogP contribution is -2.49. The Morgan fingerprint density at radius 2 is 1.67 bits per heavy atom. The van der Waals surface area contributed by atoms with Crippen LogP contribution in [-0.2, 0) is 11.2 Å². The summed E-state index contributed by atoms with van der Waals surface area (Å²) in [7, 11) is 0. The quantitative estimate of drug-likeness (QED) is 0.281. The monoisotopic (exact) mass is 525 g/mol. The van der Waals surface area contributed by atoms with Gasteiger partial charge in [-0.25, -0.2) is 9.37 Å². The summed E-state index contributed by atoms with van der Waals surface area (Å²) >= 11 is 0. The van der Waals surface area contributed by atoms with Crippen molar-refractivity contribution in [1.82, 2.24) is 9.88 Å². The maximum atomic E-state index is 13.6. The average molecular weight is 526 g/mol. The smallest absolute Gasteiger partial charge is 0.303 e. The van der Waals surface area contributed by atoms with Crippen LogP contribution in [0.2, 0.25) is 0 Å². The van der Waals surface area contributed by atoms with E-state index < -0.39 is 5.97 Å². The average Bonchev–Trinajstić information content (AvgIpc) is 2.95. The van der Waals surface area contributed by atoms with Gasteiger partial charge in [-0.1, -0.05) is 18.2 Å². The third-order valence-corrected chi connectivity index (χ3v) is 7.37. The Bertz CT molecular complexity index is 1490. The number of unbranched alkanes of at least 4 members (excludes halogenated alkanes) is 1. The van der Waals surface area contributed by atoms with Crippen molar-refractivity contribution < 1.29 is 19.1 Å². The van der Waals surface area contributed by atoms with Crippen LogP contribution in [0.3, 0.4) is 0 Å². The van der Waals surface area contributed by atoms with Crippen molar-refractivity contribution in [3.05, 3.63) is 95.3 Å². The fourth-order valence-electron chi connectivity index (χ4n) is 5.24. The van der Waals surface area contributed by atoms with Crippen LogP contribution in [0.25, 0.3) is 22.2 Å². The SMILES string of the molecule is Cc1ccccc1N1CCN(C(=O)c2ccc3nc(-c4ccc(F)cc4)c(CCCCC(=O)O)cc3c2)CC1. The number of nitrogens with zero attached hydrogens (tertiary/aromatic N) is 3. The maximum Gasteiger partial charge on any atom is 0.303 e. The van der Waals surface area contributed by atoms with Crippen LogP contribution in [-0.4, -0.2) is 53.0 Å². The molecule has 200 valence electrons. The molecule has 1 amide bonds. The first-order valence-corrected chi connectivity index (χ1v) is 13.4. The number of benzene rings is 3. The van der Waals surface area contributed by atoms with Crippen LogP contribution >= 0.6 is 0 Å². The van der Waals surface area contributed by atoms with Crippen molar-refractivity contribution in [1.29, 1.82) is 0 Å². The number of carboxylic acid groups (broad SMARTS) is 1. The summed E-state index contributed by atoms with van der Waals surface area (Å²) in [4.78, 5) is 33.5. The van der Waals surface area contributed by atoms with E-state index in [9.17, 15) is 14.0 Å². The molecule has 3 aromatic carbocycles. The van der Waals surface area contributed by atoms with E-state index in [1.165, 1.54) is 23.4 Å². The van der Waals surface area contributed by atoms with Gasteiger partial charge in [-0.05, 0) is 91.9 Å². The maximum absolute atomic E-state index is 13.6. The highest BCUT2D eigenvalue weighted by molar-refractivity contribution is 5.98. The number of pyridine rings is 1. The molecule has 5 rings (SSSR count). The first kappa shape index (κ1) is 26.4. The normalized spacial score (nSPS) is 13.6. The number of carbonyl (C=O) groups is 2. The predicted octanol–water partition coefficient (Wildman–Crippen LogP) is 6.11. The molecule has 0 spiro atoms. The van der Waals surface area contributed by atoms with Crippen LogP contribution < -0.4 is 4.90 Å². The largest absolute Gasteiger partial charge is 0.481 e. The molecule has 1 saturated heterocycles. The van der Waals surface area contributed by atoms with Crippen molar-refractivity contribution in [3.8, 4) is 11.3 Å². The number of para-hydroxylation sites is 1. The fraction of sp³-hybridized carbons (Fsp3) is 0.281. The summed E-state index contributed by atoms with van der Waals surface area (Å²) in [6, 6.07) is 22.2. The number of aliphatic carboxylic acids is 1. The molecule has 4 aromatic rings. The Morgan fingerprint density at radius 3 is 2.38 bits per heavy atom. The van der Waals surface area contributed by atoms with Gasteiger partial charge in [-0.2, -0.15) is 0 Å². The second-order valence-corrected chi connectivity index (χ2v) is 10.1. The van der Waals surface area contributed by atoms with E-state index in [0.717, 1.165) is 40.8 Å². The van der Waals surface area contributed by atoms with Gasteiger partial charge in [-0.3, -0.25) is 9.59 Å². The summed E-state index contributed by atoms with van der Waals surface area (Å²) in [5.41, 5.74) is 6.34. The van der Waals surface area contributed by atoms with E-state index >= 15 is 0 Å². The molecular weight excluding hydrogens is 493 g/mol. The molecular formula is C32H32FN3O3. The van der Waals surface area contributed by atoms with Crippen molar-refractivity contribution >= 4 is 28.5 Å². The highest BCUT2D eigenvalue weighted by atomic mass is 19.1. The van der Waals surface area contributed by atoms with Gasteiger partial charge >= 0.3 is 5.97 Å². The number of fused-ring (bicyclic) bond motifs is 1. The van der Waals surface area contributed by atoms with E-state index in [1.807, 2.05) is 41.3 Å². The molecule has 39 heavy (non-hydrogen) atoms. The summed E-state index contributed by atoms with van der Waals surface area (Å²) in [6.45, 7) is 4.99. The minimum atomic E-state index is -0.812.